The number of rotatable bonds is 0. The molecule has 92 valence electrons. The zero-order valence-corrected chi connectivity index (χ0v) is 10.1. The first-order chi connectivity index (χ1) is 6.24. The van der Waals surface area contributed by atoms with E-state index in [-0.39, 0.29) is 35.6 Å². The molecular weight excluding hydrogens is 281 g/mol. The lowest BCUT2D eigenvalue weighted by Crippen LogP contribution is -1.74. The Morgan fingerprint density at radius 3 is 0.786 bits per heavy atom. The van der Waals surface area contributed by atoms with Crippen LogP contribution in [0.4, 0.5) is 0 Å². The van der Waals surface area contributed by atoms with E-state index in [2.05, 4.69) is 15.4 Å². The van der Waals surface area contributed by atoms with E-state index in [4.69, 9.17) is 31.9 Å². The fraction of sp³-hybridized carbons (Fsp3) is 0. The quantitative estimate of drug-likeness (QED) is 0.158. The van der Waals surface area contributed by atoms with Crippen molar-refractivity contribution in [3.63, 3.8) is 0 Å². The molecule has 0 radical (unpaired) electrons. The Morgan fingerprint density at radius 2 is 0.786 bits per heavy atom. The summed E-state index contributed by atoms with van der Waals surface area (Å²) in [5.74, 6) is 0. The first-order valence-electron chi connectivity index (χ1n) is 2.10. The Hall–Kier alpha value is 0.440. The van der Waals surface area contributed by atoms with Crippen molar-refractivity contribution in [2.45, 2.75) is 0 Å². The first kappa shape index (κ1) is 23.9. The number of hydrogen-bond acceptors (Lipinski definition) is 4. The van der Waals surface area contributed by atoms with Crippen LogP contribution in [0.1, 0.15) is 0 Å². The van der Waals surface area contributed by atoms with Crippen molar-refractivity contribution in [3.05, 3.63) is 0 Å². The van der Waals surface area contributed by atoms with Gasteiger partial charge in [0.15, 0.2) is 0 Å². The normalized spacial score (nSPS) is 7.86. The van der Waals surface area contributed by atoms with Gasteiger partial charge in [-0.2, -0.15) is 0 Å². The summed E-state index contributed by atoms with van der Waals surface area (Å²) in [6.45, 7) is 0. The molecule has 0 aliphatic carbocycles. The highest BCUT2D eigenvalue weighted by molar-refractivity contribution is 7.63. The second kappa shape index (κ2) is 23.3. The third kappa shape index (κ3) is 8410. The van der Waals surface area contributed by atoms with Crippen LogP contribution < -0.4 is 15.4 Å². The standard InChI is InChI=1S/3H3NOS.H3O4P/c3*1-3-2;1-5(2,3)4/h3*3H,(H2,1,2);(H3,1,2,3,4). The van der Waals surface area contributed by atoms with Crippen molar-refractivity contribution >= 4 is 43.4 Å². The second-order valence-corrected chi connectivity index (χ2v) is 2.49. The minimum Gasteiger partial charge on any atom is -0.303 e. The zero-order chi connectivity index (χ0) is 12.6. The first-order valence-corrected chi connectivity index (χ1v) is 6.31. The molecule has 14 heavy (non-hydrogen) atoms. The van der Waals surface area contributed by atoms with Crippen LogP contribution in [0.3, 0.4) is 0 Å². The summed E-state index contributed by atoms with van der Waals surface area (Å²) in [5, 5.41) is 12.8. The predicted molar refractivity (Wildman–Crippen MR) is 55.4 cm³/mol. The van der Waals surface area contributed by atoms with Crippen LogP contribution in [0.5, 0.6) is 0 Å². The van der Waals surface area contributed by atoms with Gasteiger partial charge in [-0.25, -0.2) is 17.2 Å². The van der Waals surface area contributed by atoms with Crippen LogP contribution in [0.2, 0.25) is 0 Å². The lowest BCUT2D eigenvalue weighted by atomic mass is 14.0. The van der Waals surface area contributed by atoms with Gasteiger partial charge in [0.1, 0.15) is 0 Å². The van der Waals surface area contributed by atoms with Gasteiger partial charge in [0, 0.05) is 0 Å². The fourth-order valence-corrected chi connectivity index (χ4v) is 0. The average Bonchev–Trinajstić information content (AvgIpc) is 1.86. The van der Waals surface area contributed by atoms with E-state index in [9.17, 15) is 0 Å². The Kier molecular flexibility index (Phi) is 39.9. The Balaban J connectivity index is -0.0000000495. The van der Waals surface area contributed by atoms with E-state index in [1.54, 1.807) is 0 Å². The summed E-state index contributed by atoms with van der Waals surface area (Å²) >= 11 is -1.00. The van der Waals surface area contributed by atoms with Crippen LogP contribution in [-0.4, -0.2) is 27.3 Å². The lowest BCUT2D eigenvalue weighted by Gasteiger charge is -1.82. The van der Waals surface area contributed by atoms with E-state index < -0.39 is 7.82 Å². The molecule has 0 saturated heterocycles. The number of nitrogens with two attached hydrogens (primary N) is 3. The fourth-order valence-electron chi connectivity index (χ4n) is 0. The molecule has 0 aromatic rings. The monoisotopic (exact) mass is 293 g/mol. The van der Waals surface area contributed by atoms with Crippen molar-refractivity contribution in [3.8, 4) is 0 Å². The molecule has 0 aliphatic heterocycles. The maximum absolute atomic E-state index is 8.88. The van der Waals surface area contributed by atoms with Gasteiger partial charge < -0.3 is 14.7 Å². The average molecular weight is 293 g/mol. The van der Waals surface area contributed by atoms with Crippen LogP contribution >= 0.6 is 7.82 Å². The van der Waals surface area contributed by atoms with E-state index in [0.717, 1.165) is 0 Å². The Morgan fingerprint density at radius 1 is 0.786 bits per heavy atom. The summed E-state index contributed by atoms with van der Waals surface area (Å²) in [6.07, 6.45) is 0. The molecule has 0 aliphatic rings. The van der Waals surface area contributed by atoms with Gasteiger partial charge in [-0.3, -0.25) is 15.4 Å². The molecule has 0 atom stereocenters. The van der Waals surface area contributed by atoms with Gasteiger partial charge >= 0.3 is 7.82 Å². The summed E-state index contributed by atoms with van der Waals surface area (Å²) in [7, 11) is -4.64. The highest BCUT2D eigenvalue weighted by Gasteiger charge is 2.00. The van der Waals surface area contributed by atoms with Crippen molar-refractivity contribution in [2.24, 2.45) is 15.4 Å². The molecule has 0 rings (SSSR count). The van der Waals surface area contributed by atoms with Gasteiger partial charge in [-0.1, -0.05) is 0 Å². The topological polar surface area (TPSA) is 207 Å². The molecule has 0 amide bonds. The number of thiol groups is 3. The molecular formula is H12N3O7PS3. The summed E-state index contributed by atoms with van der Waals surface area (Å²) in [6, 6.07) is 0. The molecule has 0 saturated carbocycles. The highest BCUT2D eigenvalue weighted by atomic mass is 32.2. The molecule has 14 heteroatoms. The summed E-state index contributed by atoms with van der Waals surface area (Å²) in [4.78, 5) is 21.6. The zero-order valence-electron chi connectivity index (χ0n) is 6.50. The third-order valence-electron chi connectivity index (χ3n) is 0. The van der Waals surface area contributed by atoms with Crippen LogP contribution in [0.25, 0.3) is 0 Å². The molecule has 9 N–H and O–H groups in total. The van der Waals surface area contributed by atoms with Gasteiger partial charge in [0.05, 0.1) is 35.6 Å². The number of phosphoric acid groups is 1. The minimum absolute atomic E-state index is 0.333. The largest absolute Gasteiger partial charge is 0.466 e. The second-order valence-electron chi connectivity index (χ2n) is 0.830. The van der Waals surface area contributed by atoms with Crippen molar-refractivity contribution < 1.29 is 31.9 Å². The van der Waals surface area contributed by atoms with E-state index >= 15 is 0 Å². The Labute approximate surface area is 91.0 Å². The van der Waals surface area contributed by atoms with E-state index in [1.165, 1.54) is 0 Å². The summed E-state index contributed by atoms with van der Waals surface area (Å²) < 4.78 is 34.9. The third-order valence-corrected chi connectivity index (χ3v) is 0. The molecule has 0 heterocycles. The molecule has 0 aromatic heterocycles. The van der Waals surface area contributed by atoms with Crippen LogP contribution in [-0.2, 0) is 40.1 Å². The van der Waals surface area contributed by atoms with Gasteiger partial charge in [0.25, 0.3) is 0 Å². The summed E-state index contributed by atoms with van der Waals surface area (Å²) in [5.41, 5.74) is 0. The predicted octanol–water partition coefficient (Wildman–Crippen LogP) is -4.51. The lowest BCUT2D eigenvalue weighted by molar-refractivity contribution is 0.275. The molecule has 0 unspecified atom stereocenters. The van der Waals surface area contributed by atoms with Crippen LogP contribution in [0.15, 0.2) is 0 Å². The smallest absolute Gasteiger partial charge is 0.303 e. The van der Waals surface area contributed by atoms with Crippen molar-refractivity contribution in [1.82, 2.24) is 0 Å². The highest BCUT2D eigenvalue weighted by Crippen LogP contribution is 2.25. The Bertz CT molecular complexity index is 145. The minimum atomic E-state index is -4.64. The van der Waals surface area contributed by atoms with Crippen LogP contribution in [0, 0.1) is 0 Å². The molecule has 0 fully saturated rings. The van der Waals surface area contributed by atoms with Crippen molar-refractivity contribution in [2.75, 3.05) is 0 Å². The number of hydrogen-bond donors (Lipinski definition) is 9. The molecule has 0 spiro atoms. The maximum Gasteiger partial charge on any atom is 0.466 e. The van der Waals surface area contributed by atoms with Gasteiger partial charge in [0.2, 0.25) is 0 Å². The van der Waals surface area contributed by atoms with E-state index in [1.807, 2.05) is 0 Å². The van der Waals surface area contributed by atoms with Gasteiger partial charge in [-0.05, 0) is 0 Å². The van der Waals surface area contributed by atoms with E-state index in [0.29, 0.717) is 0 Å². The molecule has 10 nitrogen and oxygen atoms in total. The molecule has 0 aromatic carbocycles. The maximum atomic E-state index is 8.88. The van der Waals surface area contributed by atoms with Gasteiger partial charge in [-0.15, -0.1) is 0 Å². The van der Waals surface area contributed by atoms with Crippen molar-refractivity contribution in [1.29, 1.82) is 0 Å². The SMILES string of the molecule is N[SH]=O.N[SH]=O.N[SH]=O.O=P(O)(O)O. The molecule has 0 bridgehead atoms.